The molecule has 0 saturated heterocycles. The first-order valence-corrected chi connectivity index (χ1v) is 10.9. The van der Waals surface area contributed by atoms with Crippen LogP contribution in [0.4, 0.5) is 0 Å². The topological polar surface area (TPSA) is 102 Å². The average Bonchev–Trinajstić information content (AvgIpc) is 3.05. The van der Waals surface area contributed by atoms with Gasteiger partial charge < -0.3 is 0 Å². The maximum atomic E-state index is 12.3. The summed E-state index contributed by atoms with van der Waals surface area (Å²) in [6.07, 6.45) is 0.221. The van der Waals surface area contributed by atoms with E-state index < -0.39 is 0 Å². The number of hydrazine groups is 1. The summed E-state index contributed by atoms with van der Waals surface area (Å²) in [5.41, 5.74) is 10.2. The van der Waals surface area contributed by atoms with Crippen LogP contribution in [0.1, 0.15) is 45.1 Å². The molecule has 2 N–H and O–H groups in total. The third-order valence-corrected chi connectivity index (χ3v) is 5.43. The predicted molar refractivity (Wildman–Crippen MR) is 119 cm³/mol. The predicted octanol–water partition coefficient (Wildman–Crippen LogP) is 3.05. The van der Waals surface area contributed by atoms with Crippen molar-refractivity contribution in [3.8, 4) is 0 Å². The molecular formula is C22H26N6O2S. The van der Waals surface area contributed by atoms with Gasteiger partial charge in [0.05, 0.1) is 12.2 Å². The summed E-state index contributed by atoms with van der Waals surface area (Å²) in [4.78, 5) is 33.1. The Labute approximate surface area is 185 Å². The maximum absolute atomic E-state index is 12.3. The van der Waals surface area contributed by atoms with Crippen molar-refractivity contribution in [3.63, 3.8) is 0 Å². The lowest BCUT2D eigenvalue weighted by Gasteiger charge is -2.09. The van der Waals surface area contributed by atoms with Gasteiger partial charge in [0.2, 0.25) is 5.91 Å². The molecule has 0 aliphatic heterocycles. The maximum Gasteiger partial charge on any atom is 0.269 e. The first-order chi connectivity index (χ1) is 14.8. The molecule has 0 saturated carbocycles. The molecule has 0 aliphatic carbocycles. The number of rotatable bonds is 7. The Morgan fingerprint density at radius 3 is 2.23 bits per heavy atom. The Bertz CT molecular complexity index is 1060. The minimum atomic E-state index is -0.365. The lowest BCUT2D eigenvalue weighted by molar-refractivity contribution is -0.122. The van der Waals surface area contributed by atoms with Crippen LogP contribution in [-0.4, -0.2) is 31.6 Å². The second-order valence-electron chi connectivity index (χ2n) is 7.32. The van der Waals surface area contributed by atoms with E-state index in [4.69, 9.17) is 0 Å². The summed E-state index contributed by atoms with van der Waals surface area (Å²) in [7, 11) is 0. The van der Waals surface area contributed by atoms with Crippen LogP contribution in [0.2, 0.25) is 0 Å². The van der Waals surface area contributed by atoms with Gasteiger partial charge in [0, 0.05) is 34.8 Å². The van der Waals surface area contributed by atoms with Gasteiger partial charge in [-0.1, -0.05) is 23.9 Å². The SMILES string of the molecule is Cc1cc(C)nc(SCc2ccc(C(=O)NNC(=O)CCn3nc(C)cc3C)cc2)n1. The number of nitrogens with zero attached hydrogens (tertiary/aromatic N) is 4. The van der Waals surface area contributed by atoms with Crippen LogP contribution in [0, 0.1) is 27.7 Å². The highest BCUT2D eigenvalue weighted by Crippen LogP contribution is 2.20. The Morgan fingerprint density at radius 1 is 0.935 bits per heavy atom. The van der Waals surface area contributed by atoms with Gasteiger partial charge in [-0.15, -0.1) is 0 Å². The quantitative estimate of drug-likeness (QED) is 0.334. The molecule has 2 heterocycles. The third kappa shape index (κ3) is 6.65. The number of carbonyl (C=O) groups is 2. The zero-order chi connectivity index (χ0) is 22.4. The van der Waals surface area contributed by atoms with Gasteiger partial charge in [0.25, 0.3) is 5.91 Å². The van der Waals surface area contributed by atoms with Crippen molar-refractivity contribution in [2.75, 3.05) is 0 Å². The van der Waals surface area contributed by atoms with E-state index >= 15 is 0 Å². The van der Waals surface area contributed by atoms with Crippen molar-refractivity contribution in [1.29, 1.82) is 0 Å². The van der Waals surface area contributed by atoms with Crippen LogP contribution >= 0.6 is 11.8 Å². The first-order valence-electron chi connectivity index (χ1n) is 9.94. The van der Waals surface area contributed by atoms with E-state index in [9.17, 15) is 9.59 Å². The zero-order valence-corrected chi connectivity index (χ0v) is 18.9. The van der Waals surface area contributed by atoms with Crippen LogP contribution in [0.15, 0.2) is 41.6 Å². The number of benzene rings is 1. The minimum absolute atomic E-state index is 0.221. The smallest absolute Gasteiger partial charge is 0.269 e. The number of aromatic nitrogens is 4. The van der Waals surface area contributed by atoms with Crippen molar-refractivity contribution in [1.82, 2.24) is 30.6 Å². The molecule has 3 aromatic rings. The normalized spacial score (nSPS) is 10.7. The number of hydrogen-bond acceptors (Lipinski definition) is 6. The summed E-state index contributed by atoms with van der Waals surface area (Å²) in [5, 5.41) is 5.05. The summed E-state index contributed by atoms with van der Waals surface area (Å²) in [6.45, 7) is 8.20. The number of amides is 2. The molecule has 8 nitrogen and oxygen atoms in total. The molecule has 2 aromatic heterocycles. The van der Waals surface area contributed by atoms with Gasteiger partial charge in [-0.3, -0.25) is 25.1 Å². The molecule has 3 rings (SSSR count). The number of nitrogens with one attached hydrogen (secondary N) is 2. The molecule has 0 atom stereocenters. The highest BCUT2D eigenvalue weighted by molar-refractivity contribution is 7.98. The molecule has 1 aromatic carbocycles. The monoisotopic (exact) mass is 438 g/mol. The van der Waals surface area contributed by atoms with Crippen molar-refractivity contribution in [2.45, 2.75) is 51.6 Å². The number of aryl methyl sites for hydroxylation is 5. The molecule has 0 radical (unpaired) electrons. The molecule has 162 valence electrons. The van der Waals surface area contributed by atoms with Crippen LogP contribution in [-0.2, 0) is 17.1 Å². The lowest BCUT2D eigenvalue weighted by Crippen LogP contribution is -2.41. The van der Waals surface area contributed by atoms with Crippen LogP contribution in [0.5, 0.6) is 0 Å². The van der Waals surface area contributed by atoms with E-state index in [-0.39, 0.29) is 18.2 Å². The van der Waals surface area contributed by atoms with Gasteiger partial charge in [-0.2, -0.15) is 5.10 Å². The largest absolute Gasteiger partial charge is 0.273 e. The summed E-state index contributed by atoms with van der Waals surface area (Å²) in [5.74, 6) is 0.0621. The molecule has 0 spiro atoms. The van der Waals surface area contributed by atoms with Crippen molar-refractivity contribution < 1.29 is 9.59 Å². The second-order valence-corrected chi connectivity index (χ2v) is 8.26. The molecule has 31 heavy (non-hydrogen) atoms. The summed E-state index contributed by atoms with van der Waals surface area (Å²) < 4.78 is 1.77. The summed E-state index contributed by atoms with van der Waals surface area (Å²) in [6, 6.07) is 11.1. The van der Waals surface area contributed by atoms with E-state index in [1.54, 1.807) is 28.6 Å². The molecule has 0 aliphatic rings. The molecule has 0 bridgehead atoms. The third-order valence-electron chi connectivity index (χ3n) is 4.52. The number of carbonyl (C=O) groups excluding carboxylic acids is 2. The first kappa shape index (κ1) is 22.5. The van der Waals surface area contributed by atoms with Crippen molar-refractivity contribution in [3.05, 3.63) is 70.3 Å². The minimum Gasteiger partial charge on any atom is -0.273 e. The van der Waals surface area contributed by atoms with Gasteiger partial charge in [0.1, 0.15) is 0 Å². The number of hydrogen-bond donors (Lipinski definition) is 2. The molecular weight excluding hydrogens is 412 g/mol. The Morgan fingerprint density at radius 2 is 1.61 bits per heavy atom. The Hall–Kier alpha value is -3.20. The highest BCUT2D eigenvalue weighted by Gasteiger charge is 2.09. The van der Waals surface area contributed by atoms with Gasteiger partial charge >= 0.3 is 0 Å². The molecule has 2 amide bonds. The van der Waals surface area contributed by atoms with Crippen molar-refractivity contribution >= 4 is 23.6 Å². The second kappa shape index (κ2) is 10.2. The van der Waals surface area contributed by atoms with Crippen molar-refractivity contribution in [2.24, 2.45) is 0 Å². The Kier molecular flexibility index (Phi) is 7.41. The highest BCUT2D eigenvalue weighted by atomic mass is 32.2. The Balaban J connectivity index is 1.45. The standard InChI is InChI=1S/C22H26N6O2S/c1-14-11-15(2)24-22(23-14)31-13-18-5-7-19(8-6-18)21(30)26-25-20(29)9-10-28-17(4)12-16(3)27-28/h5-8,11-12H,9-10,13H2,1-4H3,(H,25,29)(H,26,30). The number of thioether (sulfide) groups is 1. The summed E-state index contributed by atoms with van der Waals surface area (Å²) >= 11 is 1.55. The fraction of sp³-hybridized carbons (Fsp3) is 0.318. The molecule has 0 fully saturated rings. The van der Waals surface area contributed by atoms with E-state index in [1.165, 1.54) is 0 Å². The van der Waals surface area contributed by atoms with E-state index in [0.29, 0.717) is 17.9 Å². The fourth-order valence-corrected chi connectivity index (χ4v) is 3.93. The fourth-order valence-electron chi connectivity index (χ4n) is 3.03. The van der Waals surface area contributed by atoms with Gasteiger partial charge in [-0.05, 0) is 57.5 Å². The van der Waals surface area contributed by atoms with E-state index in [0.717, 1.165) is 33.5 Å². The van der Waals surface area contributed by atoms with E-state index in [1.807, 2.05) is 52.0 Å². The lowest BCUT2D eigenvalue weighted by atomic mass is 10.1. The van der Waals surface area contributed by atoms with Gasteiger partial charge in [-0.25, -0.2) is 9.97 Å². The van der Waals surface area contributed by atoms with Crippen LogP contribution in [0.3, 0.4) is 0 Å². The van der Waals surface area contributed by atoms with Gasteiger partial charge in [0.15, 0.2) is 5.16 Å². The molecule has 0 unspecified atom stereocenters. The molecule has 9 heteroatoms. The van der Waals surface area contributed by atoms with E-state index in [2.05, 4.69) is 25.9 Å². The zero-order valence-electron chi connectivity index (χ0n) is 18.1. The van der Waals surface area contributed by atoms with Crippen LogP contribution in [0.25, 0.3) is 0 Å². The van der Waals surface area contributed by atoms with Crippen LogP contribution < -0.4 is 10.9 Å². The average molecular weight is 439 g/mol.